The van der Waals surface area contributed by atoms with Gasteiger partial charge < -0.3 is 29.9 Å². The van der Waals surface area contributed by atoms with Gasteiger partial charge in [0.15, 0.2) is 6.29 Å². The molecule has 2 bridgehead atoms. The highest BCUT2D eigenvalue weighted by atomic mass is 16.7. The Balaban J connectivity index is 1.72. The van der Waals surface area contributed by atoms with Gasteiger partial charge in [-0.2, -0.15) is 0 Å². The molecule has 3 aliphatic rings. The molecule has 0 aromatic heterocycles. The van der Waals surface area contributed by atoms with Gasteiger partial charge in [-0.25, -0.2) is 0 Å². The quantitative estimate of drug-likeness (QED) is 0.557. The molecule has 8 atom stereocenters. The Kier molecular flexibility index (Phi) is 5.89. The molecule has 4 N–H and O–H groups in total. The predicted octanol–water partition coefficient (Wildman–Crippen LogP) is -0.269. The van der Waals surface area contributed by atoms with Gasteiger partial charge in [-0.05, 0) is 25.7 Å². The highest BCUT2D eigenvalue weighted by Crippen LogP contribution is 2.37. The normalized spacial score (nSPS) is 47.1. The number of ether oxygens (including phenoxy) is 2. The molecule has 0 unspecified atom stereocenters. The molecule has 24 heavy (non-hydrogen) atoms. The van der Waals surface area contributed by atoms with Gasteiger partial charge in [0.1, 0.15) is 30.2 Å². The summed E-state index contributed by atoms with van der Waals surface area (Å²) >= 11 is 0. The van der Waals surface area contributed by atoms with Gasteiger partial charge in [0.05, 0.1) is 12.7 Å². The first-order chi connectivity index (χ1) is 11.5. The molecule has 1 heterocycles. The van der Waals surface area contributed by atoms with Gasteiger partial charge >= 0.3 is 0 Å². The van der Waals surface area contributed by atoms with Crippen LogP contribution in [0.5, 0.6) is 0 Å². The van der Waals surface area contributed by atoms with E-state index in [9.17, 15) is 25.2 Å². The number of ketones is 1. The van der Waals surface area contributed by atoms with Gasteiger partial charge in [-0.1, -0.05) is 19.3 Å². The van der Waals surface area contributed by atoms with E-state index in [1.807, 2.05) is 0 Å². The van der Waals surface area contributed by atoms with Crippen LogP contribution in [-0.2, 0) is 14.3 Å². The lowest BCUT2D eigenvalue weighted by Gasteiger charge is -2.41. The smallest absolute Gasteiger partial charge is 0.186 e. The summed E-state index contributed by atoms with van der Waals surface area (Å²) in [5.74, 6) is 0.160. The standard InChI is InChI=1S/C17H28O7/c18-8-12-14(20)15(21)16(22)17(24-12)23-11-7-3-5-9-4-1-2-6-10(11)13(9)19/h9-12,14-18,20-22H,1-8H2/t9-,10+,11+,12+,14+,15-,16+,17-/m0/s1. The van der Waals surface area contributed by atoms with Crippen molar-refractivity contribution < 1.29 is 34.7 Å². The number of carbonyl (C=O) groups is 1. The van der Waals surface area contributed by atoms with Crippen LogP contribution in [0.15, 0.2) is 0 Å². The van der Waals surface area contributed by atoms with Crippen LogP contribution in [0.4, 0.5) is 0 Å². The van der Waals surface area contributed by atoms with Crippen LogP contribution in [0.3, 0.4) is 0 Å². The molecule has 0 aromatic rings. The fraction of sp³-hybridized carbons (Fsp3) is 0.941. The Morgan fingerprint density at radius 2 is 1.67 bits per heavy atom. The van der Waals surface area contributed by atoms with E-state index in [2.05, 4.69) is 0 Å². The number of aliphatic hydroxyl groups is 4. The summed E-state index contributed by atoms with van der Waals surface area (Å²) < 4.78 is 11.3. The average molecular weight is 344 g/mol. The summed E-state index contributed by atoms with van der Waals surface area (Å²) in [4.78, 5) is 12.7. The third-order valence-corrected chi connectivity index (χ3v) is 5.73. The molecule has 1 aliphatic heterocycles. The summed E-state index contributed by atoms with van der Waals surface area (Å²) in [5, 5.41) is 39.1. The van der Waals surface area contributed by atoms with Crippen molar-refractivity contribution >= 4 is 5.78 Å². The molecule has 1 saturated heterocycles. The van der Waals surface area contributed by atoms with Crippen molar-refractivity contribution in [3.8, 4) is 0 Å². The Labute approximate surface area is 141 Å². The molecule has 2 aliphatic carbocycles. The number of hydrogen-bond acceptors (Lipinski definition) is 7. The van der Waals surface area contributed by atoms with Crippen LogP contribution in [0.1, 0.15) is 44.9 Å². The topological polar surface area (TPSA) is 116 Å². The van der Waals surface area contributed by atoms with E-state index in [0.717, 1.165) is 38.5 Å². The zero-order valence-corrected chi connectivity index (χ0v) is 13.8. The zero-order valence-electron chi connectivity index (χ0n) is 13.8. The van der Waals surface area contributed by atoms with E-state index in [1.165, 1.54) is 0 Å². The molecule has 2 saturated carbocycles. The van der Waals surface area contributed by atoms with Crippen molar-refractivity contribution in [3.05, 3.63) is 0 Å². The molecule has 0 spiro atoms. The fourth-order valence-corrected chi connectivity index (χ4v) is 4.28. The number of fused-ring (bicyclic) bond motifs is 2. The summed E-state index contributed by atoms with van der Waals surface area (Å²) in [5.41, 5.74) is 0. The maximum atomic E-state index is 12.7. The second-order valence-electron chi connectivity index (χ2n) is 7.29. The SMILES string of the molecule is O=C1[C@H]2CCCC[C@@H]1[C@H](O[C@H]1O[C@H](CO)[C@@H](O)[C@H](O)[C@H]1O)CCC2. The van der Waals surface area contributed by atoms with Crippen molar-refractivity contribution in [1.29, 1.82) is 0 Å². The number of hydrogen-bond donors (Lipinski definition) is 4. The minimum absolute atomic E-state index is 0.112. The molecular formula is C17H28O7. The minimum Gasteiger partial charge on any atom is -0.394 e. The van der Waals surface area contributed by atoms with E-state index in [4.69, 9.17) is 9.47 Å². The minimum atomic E-state index is -1.45. The molecule has 0 radical (unpaired) electrons. The lowest BCUT2D eigenvalue weighted by Crippen LogP contribution is -2.60. The van der Waals surface area contributed by atoms with E-state index in [-0.39, 0.29) is 23.7 Å². The van der Waals surface area contributed by atoms with Crippen LogP contribution >= 0.6 is 0 Å². The average Bonchev–Trinajstić information content (AvgIpc) is 2.85. The second-order valence-corrected chi connectivity index (χ2v) is 7.29. The van der Waals surface area contributed by atoms with E-state index in [0.29, 0.717) is 6.42 Å². The number of rotatable bonds is 3. The van der Waals surface area contributed by atoms with Crippen LogP contribution in [0, 0.1) is 11.8 Å². The summed E-state index contributed by atoms with van der Waals surface area (Å²) in [6, 6.07) is 0. The molecule has 0 amide bonds. The fourth-order valence-electron chi connectivity index (χ4n) is 4.28. The first kappa shape index (κ1) is 18.2. The van der Waals surface area contributed by atoms with E-state index >= 15 is 0 Å². The lowest BCUT2D eigenvalue weighted by molar-refractivity contribution is -0.314. The Bertz CT molecular complexity index is 441. The highest BCUT2D eigenvalue weighted by molar-refractivity contribution is 5.84. The predicted molar refractivity (Wildman–Crippen MR) is 82.9 cm³/mol. The Hall–Kier alpha value is -0.570. The van der Waals surface area contributed by atoms with Crippen molar-refractivity contribution in [2.24, 2.45) is 11.8 Å². The largest absolute Gasteiger partial charge is 0.394 e. The Morgan fingerprint density at radius 3 is 2.42 bits per heavy atom. The van der Waals surface area contributed by atoms with Gasteiger partial charge in [0.2, 0.25) is 0 Å². The van der Waals surface area contributed by atoms with E-state index in [1.54, 1.807) is 0 Å². The summed E-state index contributed by atoms with van der Waals surface area (Å²) in [7, 11) is 0. The lowest BCUT2D eigenvalue weighted by atomic mass is 9.89. The van der Waals surface area contributed by atoms with Crippen LogP contribution in [0.25, 0.3) is 0 Å². The summed E-state index contributed by atoms with van der Waals surface area (Å²) in [6.07, 6.45) is -0.534. The molecule has 3 fully saturated rings. The zero-order chi connectivity index (χ0) is 17.3. The monoisotopic (exact) mass is 344 g/mol. The Morgan fingerprint density at radius 1 is 0.958 bits per heavy atom. The van der Waals surface area contributed by atoms with Crippen LogP contribution in [-0.4, -0.2) is 69.6 Å². The molecular weight excluding hydrogens is 316 g/mol. The van der Waals surface area contributed by atoms with Gasteiger partial charge in [-0.15, -0.1) is 0 Å². The summed E-state index contributed by atoms with van der Waals surface area (Å²) in [6.45, 7) is -0.486. The molecule has 7 nitrogen and oxygen atoms in total. The van der Waals surface area contributed by atoms with Gasteiger partial charge in [0, 0.05) is 11.8 Å². The number of carbonyl (C=O) groups excluding carboxylic acids is 1. The number of aliphatic hydroxyl groups excluding tert-OH is 4. The third kappa shape index (κ3) is 3.52. The van der Waals surface area contributed by atoms with Crippen LogP contribution < -0.4 is 0 Å². The molecule has 138 valence electrons. The number of Topliss-reactive ketones (excluding diaryl/α,β-unsaturated/α-hetero) is 1. The van der Waals surface area contributed by atoms with E-state index < -0.39 is 37.3 Å². The first-order valence-corrected chi connectivity index (χ1v) is 9.02. The van der Waals surface area contributed by atoms with Gasteiger partial charge in [-0.3, -0.25) is 4.79 Å². The van der Waals surface area contributed by atoms with Crippen molar-refractivity contribution in [3.63, 3.8) is 0 Å². The molecule has 0 aromatic carbocycles. The molecule has 3 rings (SSSR count). The van der Waals surface area contributed by atoms with Crippen molar-refractivity contribution in [2.45, 2.75) is 81.8 Å². The second kappa shape index (κ2) is 7.76. The third-order valence-electron chi connectivity index (χ3n) is 5.73. The highest BCUT2D eigenvalue weighted by Gasteiger charge is 2.46. The van der Waals surface area contributed by atoms with Crippen molar-refractivity contribution in [2.75, 3.05) is 6.61 Å². The van der Waals surface area contributed by atoms with Crippen molar-refractivity contribution in [1.82, 2.24) is 0 Å². The van der Waals surface area contributed by atoms with Gasteiger partial charge in [0.25, 0.3) is 0 Å². The molecule has 7 heteroatoms. The van der Waals surface area contributed by atoms with Crippen LogP contribution in [0.2, 0.25) is 0 Å². The maximum Gasteiger partial charge on any atom is 0.186 e. The maximum absolute atomic E-state index is 12.7. The first-order valence-electron chi connectivity index (χ1n) is 9.02.